The molecule has 0 amide bonds. The van der Waals surface area contributed by atoms with Gasteiger partial charge in [0.1, 0.15) is 17.5 Å². The molecule has 204 valence electrons. The normalized spacial score (nSPS) is 19.2. The van der Waals surface area contributed by atoms with E-state index in [1.54, 1.807) is 12.4 Å². The minimum atomic E-state index is -0.378. The second kappa shape index (κ2) is 11.6. The Morgan fingerprint density at radius 1 is 1.03 bits per heavy atom. The first-order chi connectivity index (χ1) is 19.1. The third kappa shape index (κ3) is 5.54. The standard InChI is InChI=1S/C28H31Cl2N7O2/c1-18(26-22(29)16-32-17-23(26)30)39-20-6-7-24-21(13-20)27(35-37(24)25-5-2-3-12-38-25)19-14-33-28(34-15-19)36-10-4-8-31-9-11-36/h6-7,13-18,25,31H,2-5,8-12H2,1H3. The van der Waals surface area contributed by atoms with Crippen molar-refractivity contribution in [3.05, 3.63) is 58.6 Å². The number of hydrogen-bond donors (Lipinski definition) is 1. The predicted molar refractivity (Wildman–Crippen MR) is 153 cm³/mol. The lowest BCUT2D eigenvalue weighted by Gasteiger charge is -2.23. The largest absolute Gasteiger partial charge is 0.486 e. The quantitative estimate of drug-likeness (QED) is 0.311. The van der Waals surface area contributed by atoms with Crippen LogP contribution in [0.25, 0.3) is 22.2 Å². The molecule has 1 aromatic carbocycles. The molecule has 0 bridgehead atoms. The van der Waals surface area contributed by atoms with E-state index in [1.165, 1.54) is 0 Å². The molecule has 0 spiro atoms. The van der Waals surface area contributed by atoms with Crippen LogP contribution < -0.4 is 15.0 Å². The van der Waals surface area contributed by atoms with Crippen LogP contribution in [0.2, 0.25) is 10.0 Å². The highest BCUT2D eigenvalue weighted by molar-refractivity contribution is 6.35. The number of nitrogens with one attached hydrogen (secondary N) is 1. The average Bonchev–Trinajstić information content (AvgIpc) is 3.11. The van der Waals surface area contributed by atoms with Gasteiger partial charge in [0, 0.05) is 67.5 Å². The number of rotatable bonds is 6. The summed E-state index contributed by atoms with van der Waals surface area (Å²) in [6, 6.07) is 5.98. The molecule has 2 saturated heterocycles. The number of aromatic nitrogens is 5. The number of hydrogen-bond acceptors (Lipinski definition) is 8. The molecule has 6 rings (SSSR count). The molecular weight excluding hydrogens is 537 g/mol. The molecular formula is C28H31Cl2N7O2. The van der Waals surface area contributed by atoms with E-state index in [1.807, 2.05) is 42.2 Å². The van der Waals surface area contributed by atoms with Crippen LogP contribution in [0.3, 0.4) is 0 Å². The summed E-state index contributed by atoms with van der Waals surface area (Å²) in [5.41, 5.74) is 3.31. The zero-order chi connectivity index (χ0) is 26.8. The van der Waals surface area contributed by atoms with Gasteiger partial charge in [0.15, 0.2) is 6.23 Å². The van der Waals surface area contributed by atoms with Crippen molar-refractivity contribution in [1.82, 2.24) is 30.0 Å². The molecule has 2 unspecified atom stereocenters. The van der Waals surface area contributed by atoms with Crippen molar-refractivity contribution in [2.24, 2.45) is 0 Å². The zero-order valence-corrected chi connectivity index (χ0v) is 23.3. The number of anilines is 1. The fourth-order valence-electron chi connectivity index (χ4n) is 5.27. The number of ether oxygens (including phenoxy) is 2. The maximum atomic E-state index is 6.38. The molecule has 2 aliphatic heterocycles. The van der Waals surface area contributed by atoms with Gasteiger partial charge in [-0.15, -0.1) is 0 Å². The molecule has 11 heteroatoms. The molecule has 39 heavy (non-hydrogen) atoms. The molecule has 9 nitrogen and oxygen atoms in total. The van der Waals surface area contributed by atoms with Gasteiger partial charge in [-0.3, -0.25) is 4.98 Å². The third-order valence-electron chi connectivity index (χ3n) is 7.25. The number of halogens is 2. The smallest absolute Gasteiger partial charge is 0.225 e. The van der Waals surface area contributed by atoms with Crippen molar-refractivity contribution in [2.45, 2.75) is 44.9 Å². The molecule has 0 radical (unpaired) electrons. The van der Waals surface area contributed by atoms with Crippen molar-refractivity contribution < 1.29 is 9.47 Å². The summed E-state index contributed by atoms with van der Waals surface area (Å²) in [5.74, 6) is 1.42. The van der Waals surface area contributed by atoms with E-state index in [2.05, 4.69) is 15.2 Å². The van der Waals surface area contributed by atoms with Crippen LogP contribution in [-0.2, 0) is 4.74 Å². The Hall–Kier alpha value is -2.98. The molecule has 4 aromatic rings. The molecule has 2 aliphatic rings. The molecule has 3 aromatic heterocycles. The van der Waals surface area contributed by atoms with Gasteiger partial charge in [-0.1, -0.05) is 23.2 Å². The highest BCUT2D eigenvalue weighted by atomic mass is 35.5. The van der Waals surface area contributed by atoms with Crippen LogP contribution in [0, 0.1) is 0 Å². The lowest BCUT2D eigenvalue weighted by atomic mass is 10.1. The van der Waals surface area contributed by atoms with E-state index < -0.39 is 0 Å². The van der Waals surface area contributed by atoms with Gasteiger partial charge in [0.25, 0.3) is 0 Å². The van der Waals surface area contributed by atoms with Gasteiger partial charge in [-0.2, -0.15) is 5.10 Å². The Morgan fingerprint density at radius 3 is 2.62 bits per heavy atom. The topological polar surface area (TPSA) is 90.2 Å². The highest BCUT2D eigenvalue weighted by Crippen LogP contribution is 2.37. The Labute approximate surface area is 237 Å². The Kier molecular flexibility index (Phi) is 7.83. The minimum Gasteiger partial charge on any atom is -0.486 e. The summed E-state index contributed by atoms with van der Waals surface area (Å²) in [6.07, 6.45) is 10.5. The van der Waals surface area contributed by atoms with E-state index in [0.717, 1.165) is 86.6 Å². The Bertz CT molecular complexity index is 1410. The number of benzene rings is 1. The summed E-state index contributed by atoms with van der Waals surface area (Å²) >= 11 is 12.8. The molecule has 0 saturated carbocycles. The molecule has 2 fully saturated rings. The van der Waals surface area contributed by atoms with Crippen molar-refractivity contribution >= 4 is 40.1 Å². The third-order valence-corrected chi connectivity index (χ3v) is 7.85. The lowest BCUT2D eigenvalue weighted by molar-refractivity contribution is -0.0365. The van der Waals surface area contributed by atoms with Gasteiger partial charge in [-0.25, -0.2) is 14.6 Å². The Morgan fingerprint density at radius 2 is 1.85 bits per heavy atom. The first-order valence-electron chi connectivity index (χ1n) is 13.5. The summed E-state index contributed by atoms with van der Waals surface area (Å²) in [6.45, 7) is 6.43. The highest BCUT2D eigenvalue weighted by Gasteiger charge is 2.24. The molecule has 2 atom stereocenters. The van der Waals surface area contributed by atoms with Crippen molar-refractivity contribution in [3.8, 4) is 17.0 Å². The Balaban J connectivity index is 1.36. The molecule has 5 heterocycles. The van der Waals surface area contributed by atoms with Gasteiger partial charge in [0.2, 0.25) is 5.95 Å². The van der Waals surface area contributed by atoms with Crippen LogP contribution in [0.5, 0.6) is 5.75 Å². The number of fused-ring (bicyclic) bond motifs is 1. The second-order valence-electron chi connectivity index (χ2n) is 9.93. The van der Waals surface area contributed by atoms with Crippen LogP contribution in [0.15, 0.2) is 43.0 Å². The van der Waals surface area contributed by atoms with Crippen molar-refractivity contribution in [2.75, 3.05) is 37.7 Å². The van der Waals surface area contributed by atoms with Crippen LogP contribution in [0.4, 0.5) is 5.95 Å². The van der Waals surface area contributed by atoms with E-state index in [0.29, 0.717) is 21.4 Å². The minimum absolute atomic E-state index is 0.111. The van der Waals surface area contributed by atoms with Crippen LogP contribution in [-0.4, -0.2) is 57.5 Å². The van der Waals surface area contributed by atoms with E-state index in [-0.39, 0.29) is 12.3 Å². The van der Waals surface area contributed by atoms with Crippen molar-refractivity contribution in [3.63, 3.8) is 0 Å². The van der Waals surface area contributed by atoms with E-state index >= 15 is 0 Å². The van der Waals surface area contributed by atoms with Gasteiger partial charge in [0.05, 0.1) is 15.6 Å². The first-order valence-corrected chi connectivity index (χ1v) is 14.2. The summed E-state index contributed by atoms with van der Waals surface area (Å²) in [5, 5.41) is 10.3. The van der Waals surface area contributed by atoms with Gasteiger partial charge < -0.3 is 19.7 Å². The van der Waals surface area contributed by atoms with E-state index in [4.69, 9.17) is 47.7 Å². The number of nitrogens with zero attached hydrogens (tertiary/aromatic N) is 6. The van der Waals surface area contributed by atoms with Gasteiger partial charge in [-0.05, 0) is 57.4 Å². The zero-order valence-electron chi connectivity index (χ0n) is 21.8. The SMILES string of the molecule is CC(Oc1ccc2c(c1)c(-c1cnc(N3CCCNCC3)nc1)nn2C1CCCCO1)c1c(Cl)cncc1Cl. The summed E-state index contributed by atoms with van der Waals surface area (Å²) in [7, 11) is 0. The maximum Gasteiger partial charge on any atom is 0.225 e. The van der Waals surface area contributed by atoms with Crippen LogP contribution >= 0.6 is 23.2 Å². The van der Waals surface area contributed by atoms with Crippen LogP contribution in [0.1, 0.15) is 50.5 Å². The fraction of sp³-hybridized carbons (Fsp3) is 0.429. The predicted octanol–water partition coefficient (Wildman–Crippen LogP) is 5.83. The lowest BCUT2D eigenvalue weighted by Crippen LogP contribution is -2.29. The average molecular weight is 569 g/mol. The second-order valence-corrected chi connectivity index (χ2v) is 10.7. The number of pyridine rings is 1. The first kappa shape index (κ1) is 26.3. The van der Waals surface area contributed by atoms with Gasteiger partial charge >= 0.3 is 0 Å². The summed E-state index contributed by atoms with van der Waals surface area (Å²) in [4.78, 5) is 15.7. The molecule has 0 aliphatic carbocycles. The van der Waals surface area contributed by atoms with E-state index in [9.17, 15) is 0 Å². The maximum absolute atomic E-state index is 6.38. The van der Waals surface area contributed by atoms with Crippen molar-refractivity contribution in [1.29, 1.82) is 0 Å². The molecule has 1 N–H and O–H groups in total. The fourth-order valence-corrected chi connectivity index (χ4v) is 5.94. The summed E-state index contributed by atoms with van der Waals surface area (Å²) < 4.78 is 14.4. The monoisotopic (exact) mass is 567 g/mol.